The quantitative estimate of drug-likeness (QED) is 0.630. The lowest BCUT2D eigenvalue weighted by Gasteiger charge is -2.36. The molecule has 1 atom stereocenters. The fraction of sp³-hybridized carbons (Fsp3) is 0.423. The smallest absolute Gasteiger partial charge is 0.131 e. The molecule has 29 heavy (non-hydrogen) atoms. The van der Waals surface area contributed by atoms with Gasteiger partial charge in [-0.1, -0.05) is 37.6 Å². The van der Waals surface area contributed by atoms with Crippen LogP contribution in [0.2, 0.25) is 0 Å². The largest absolute Gasteiger partial charge is 0.365 e. The zero-order valence-corrected chi connectivity index (χ0v) is 17.0. The van der Waals surface area contributed by atoms with Crippen molar-refractivity contribution in [3.63, 3.8) is 0 Å². The number of rotatable bonds is 4. The Kier molecular flexibility index (Phi) is 3.63. The number of benzene rings is 1. The Hall–Kier alpha value is -2.42. The summed E-state index contributed by atoms with van der Waals surface area (Å²) in [7, 11) is 0. The van der Waals surface area contributed by atoms with Crippen molar-refractivity contribution < 1.29 is 4.39 Å². The molecule has 2 saturated carbocycles. The van der Waals surface area contributed by atoms with Gasteiger partial charge in [-0.25, -0.2) is 9.37 Å². The van der Waals surface area contributed by atoms with Crippen LogP contribution in [-0.4, -0.2) is 10.5 Å². The third-order valence-corrected chi connectivity index (χ3v) is 7.57. The van der Waals surface area contributed by atoms with Crippen LogP contribution in [0.3, 0.4) is 0 Å². The molecule has 2 aromatic rings. The number of fused-ring (bicyclic) bond motifs is 4. The van der Waals surface area contributed by atoms with Gasteiger partial charge in [-0.3, -0.25) is 0 Å². The topological polar surface area (TPSA) is 24.9 Å². The van der Waals surface area contributed by atoms with E-state index in [2.05, 4.69) is 31.0 Å². The van der Waals surface area contributed by atoms with Gasteiger partial charge >= 0.3 is 0 Å². The SMILES string of the molecule is C=CC1=Cc2nc(NC3(C)CC3)c(C3CCCC3)c3c2CC1c1c(F)cccc1-3. The van der Waals surface area contributed by atoms with Crippen molar-refractivity contribution in [1.82, 2.24) is 4.98 Å². The van der Waals surface area contributed by atoms with E-state index in [1.54, 1.807) is 6.07 Å². The van der Waals surface area contributed by atoms with E-state index in [0.29, 0.717) is 5.92 Å². The molecule has 1 unspecified atom stereocenters. The summed E-state index contributed by atoms with van der Waals surface area (Å²) in [6.45, 7) is 6.30. The van der Waals surface area contributed by atoms with Crippen LogP contribution in [0.5, 0.6) is 0 Å². The Bertz CT molecular complexity index is 1070. The molecular weight excluding hydrogens is 359 g/mol. The van der Waals surface area contributed by atoms with Crippen LogP contribution < -0.4 is 5.32 Å². The summed E-state index contributed by atoms with van der Waals surface area (Å²) in [6, 6.07) is 5.61. The highest BCUT2D eigenvalue weighted by atomic mass is 19.1. The Balaban J connectivity index is 1.68. The summed E-state index contributed by atoms with van der Waals surface area (Å²) in [5.41, 5.74) is 8.17. The third-order valence-electron chi connectivity index (χ3n) is 7.57. The zero-order valence-electron chi connectivity index (χ0n) is 17.0. The molecule has 1 N–H and O–H groups in total. The molecule has 1 aromatic carbocycles. The van der Waals surface area contributed by atoms with Crippen LogP contribution in [0.15, 0.2) is 36.4 Å². The van der Waals surface area contributed by atoms with E-state index in [4.69, 9.17) is 4.98 Å². The Morgan fingerprint density at radius 2 is 2.00 bits per heavy atom. The third kappa shape index (κ3) is 2.56. The second-order valence-electron chi connectivity index (χ2n) is 9.59. The lowest BCUT2D eigenvalue weighted by atomic mass is 9.69. The van der Waals surface area contributed by atoms with Crippen molar-refractivity contribution in [2.24, 2.45) is 0 Å². The van der Waals surface area contributed by atoms with Crippen molar-refractivity contribution in [3.05, 3.63) is 64.6 Å². The van der Waals surface area contributed by atoms with E-state index >= 15 is 4.39 Å². The fourth-order valence-electron chi connectivity index (χ4n) is 5.76. The predicted octanol–water partition coefficient (Wildman–Crippen LogP) is 6.73. The van der Waals surface area contributed by atoms with Gasteiger partial charge in [0.1, 0.15) is 11.6 Å². The van der Waals surface area contributed by atoms with E-state index in [9.17, 15) is 0 Å². The number of hydrogen-bond donors (Lipinski definition) is 1. The molecule has 0 amide bonds. The first-order chi connectivity index (χ1) is 14.1. The van der Waals surface area contributed by atoms with Crippen LogP contribution in [0.4, 0.5) is 10.2 Å². The molecule has 0 aliphatic heterocycles. The van der Waals surface area contributed by atoms with Gasteiger partial charge in [-0.15, -0.1) is 0 Å². The van der Waals surface area contributed by atoms with E-state index in [0.717, 1.165) is 34.6 Å². The highest BCUT2D eigenvalue weighted by Crippen LogP contribution is 2.54. The molecule has 148 valence electrons. The van der Waals surface area contributed by atoms with Gasteiger partial charge in [0.05, 0.1) is 5.69 Å². The first-order valence-electron chi connectivity index (χ1n) is 11.1. The zero-order chi connectivity index (χ0) is 19.8. The predicted molar refractivity (Wildman–Crippen MR) is 117 cm³/mol. The maximum absolute atomic E-state index is 15.1. The average Bonchev–Trinajstić information content (AvgIpc) is 3.21. The molecule has 1 heterocycles. The number of aromatic nitrogens is 1. The summed E-state index contributed by atoms with van der Waals surface area (Å²) in [4.78, 5) is 5.18. The molecule has 6 rings (SSSR count). The fourth-order valence-corrected chi connectivity index (χ4v) is 5.76. The molecule has 4 aliphatic rings. The van der Waals surface area contributed by atoms with Gasteiger partial charge in [-0.2, -0.15) is 0 Å². The highest BCUT2D eigenvalue weighted by Gasteiger charge is 2.42. The molecule has 0 radical (unpaired) electrons. The average molecular weight is 387 g/mol. The standard InChI is InChI=1S/C26H27FN2/c1-3-15-13-21-19-14-18(15)23-17(9-6-10-20(23)27)24(19)22(16-7-4-5-8-16)25(28-21)29-26(2)11-12-26/h3,6,9-10,13,16,18H,1,4-5,7-8,11-12,14H2,2H3,(H,28,29). The lowest BCUT2D eigenvalue weighted by molar-refractivity contribution is 0.591. The minimum Gasteiger partial charge on any atom is -0.365 e. The summed E-state index contributed by atoms with van der Waals surface area (Å²) in [5.74, 6) is 1.53. The Morgan fingerprint density at radius 1 is 1.21 bits per heavy atom. The maximum atomic E-state index is 15.1. The monoisotopic (exact) mass is 386 g/mol. The van der Waals surface area contributed by atoms with Crippen LogP contribution in [0, 0.1) is 5.82 Å². The Morgan fingerprint density at radius 3 is 2.72 bits per heavy atom. The summed E-state index contributed by atoms with van der Waals surface area (Å²) < 4.78 is 15.1. The van der Waals surface area contributed by atoms with Crippen LogP contribution >= 0.6 is 0 Å². The summed E-state index contributed by atoms with van der Waals surface area (Å²) >= 11 is 0. The molecule has 4 aliphatic carbocycles. The van der Waals surface area contributed by atoms with Gasteiger partial charge in [0.25, 0.3) is 0 Å². The summed E-state index contributed by atoms with van der Waals surface area (Å²) in [5, 5.41) is 3.80. The summed E-state index contributed by atoms with van der Waals surface area (Å²) in [6.07, 6.45) is 12.2. The minimum absolute atomic E-state index is 0.0571. The van der Waals surface area contributed by atoms with Gasteiger partial charge < -0.3 is 5.32 Å². The lowest BCUT2D eigenvalue weighted by Crippen LogP contribution is -2.25. The molecule has 2 bridgehead atoms. The van der Waals surface area contributed by atoms with Crippen molar-refractivity contribution in [2.75, 3.05) is 5.32 Å². The van der Waals surface area contributed by atoms with Gasteiger partial charge in [-0.05, 0) is 79.4 Å². The molecule has 3 heteroatoms. The first kappa shape index (κ1) is 17.4. The van der Waals surface area contributed by atoms with E-state index in [1.807, 2.05) is 12.1 Å². The second kappa shape index (κ2) is 6.04. The molecule has 2 fully saturated rings. The molecule has 2 nitrogen and oxygen atoms in total. The van der Waals surface area contributed by atoms with E-state index in [1.165, 1.54) is 55.2 Å². The van der Waals surface area contributed by atoms with Crippen LogP contribution in [-0.2, 0) is 6.42 Å². The van der Waals surface area contributed by atoms with Gasteiger partial charge in [0.15, 0.2) is 0 Å². The van der Waals surface area contributed by atoms with E-state index in [-0.39, 0.29) is 17.3 Å². The second-order valence-corrected chi connectivity index (χ2v) is 9.59. The number of halogens is 1. The number of allylic oxidation sites excluding steroid dienone is 2. The number of nitrogens with zero attached hydrogens (tertiary/aromatic N) is 1. The minimum atomic E-state index is -0.0906. The molecule has 0 saturated heterocycles. The normalized spacial score (nSPS) is 23.4. The van der Waals surface area contributed by atoms with Gasteiger partial charge in [0, 0.05) is 22.6 Å². The molecule has 1 aromatic heterocycles. The number of nitrogens with one attached hydrogen (secondary N) is 1. The molecular formula is C26H27FN2. The van der Waals surface area contributed by atoms with Crippen molar-refractivity contribution in [3.8, 4) is 11.1 Å². The van der Waals surface area contributed by atoms with Crippen LogP contribution in [0.1, 0.15) is 79.7 Å². The first-order valence-corrected chi connectivity index (χ1v) is 11.1. The van der Waals surface area contributed by atoms with Crippen molar-refractivity contribution in [1.29, 1.82) is 0 Å². The van der Waals surface area contributed by atoms with Crippen LogP contribution in [0.25, 0.3) is 17.2 Å². The van der Waals surface area contributed by atoms with Crippen molar-refractivity contribution in [2.45, 2.75) is 69.2 Å². The highest BCUT2D eigenvalue weighted by molar-refractivity contribution is 5.87. The molecule has 0 spiro atoms. The van der Waals surface area contributed by atoms with Crippen molar-refractivity contribution >= 4 is 11.9 Å². The number of hydrogen-bond acceptors (Lipinski definition) is 2. The maximum Gasteiger partial charge on any atom is 0.131 e. The van der Waals surface area contributed by atoms with Gasteiger partial charge in [0.2, 0.25) is 0 Å². The number of anilines is 1. The van der Waals surface area contributed by atoms with E-state index < -0.39 is 0 Å². The Labute approximate surface area is 171 Å². The number of pyridine rings is 1.